The van der Waals surface area contributed by atoms with E-state index in [1.165, 1.54) is 16.7 Å². The minimum absolute atomic E-state index is 0.464. The van der Waals surface area contributed by atoms with E-state index in [1.807, 2.05) is 24.3 Å². The van der Waals surface area contributed by atoms with Crippen molar-refractivity contribution in [3.05, 3.63) is 95.6 Å². The molecule has 2 aromatic carbocycles. The van der Waals surface area contributed by atoms with Crippen LogP contribution in [0.25, 0.3) is 11.1 Å². The Morgan fingerprint density at radius 3 is 2.11 bits per heavy atom. The maximum Gasteiger partial charge on any atom is 0.0991 e. The molecule has 0 N–H and O–H groups in total. The van der Waals surface area contributed by atoms with Crippen LogP contribution in [0.1, 0.15) is 44.7 Å². The molecule has 0 saturated heterocycles. The smallest absolute Gasteiger partial charge is 0.0991 e. The summed E-state index contributed by atoms with van der Waals surface area (Å²) in [6.45, 7) is 10.7. The molecule has 0 aliphatic heterocycles. The molecule has 0 aliphatic carbocycles. The number of hydrogen-bond acceptors (Lipinski definition) is 1. The normalized spacial score (nSPS) is 12.7. The van der Waals surface area contributed by atoms with Gasteiger partial charge in [0.1, 0.15) is 0 Å². The Bertz CT molecular complexity index is 843. The van der Waals surface area contributed by atoms with Crippen molar-refractivity contribution in [2.45, 2.75) is 40.0 Å². The molecule has 0 heterocycles. The van der Waals surface area contributed by atoms with Crippen molar-refractivity contribution >= 4 is 0 Å². The quantitative estimate of drug-likeness (QED) is 0.457. The number of nitrogens with zero attached hydrogens (tertiary/aromatic N) is 1. The molecule has 27 heavy (non-hydrogen) atoms. The Morgan fingerprint density at radius 2 is 1.59 bits per heavy atom. The maximum atomic E-state index is 8.92. The van der Waals surface area contributed by atoms with Gasteiger partial charge in [0.05, 0.1) is 11.6 Å². The van der Waals surface area contributed by atoms with Crippen LogP contribution in [-0.4, -0.2) is 0 Å². The van der Waals surface area contributed by atoms with Gasteiger partial charge in [0, 0.05) is 0 Å². The van der Waals surface area contributed by atoms with Crippen LogP contribution in [0.3, 0.4) is 0 Å². The number of hydrogen-bond donors (Lipinski definition) is 0. The van der Waals surface area contributed by atoms with E-state index in [9.17, 15) is 0 Å². The standard InChI is InChI=1S/C26H29N/c1-5-7-24(13-8-20(3)6-2)21(4)18-22-9-14-25(15-10-22)26-16-11-23(19-27)12-17-26/h7-17,21H,3,5-6,18H2,1-2,4H3/b13-8-,24-7+. The van der Waals surface area contributed by atoms with Gasteiger partial charge >= 0.3 is 0 Å². The number of rotatable bonds is 8. The van der Waals surface area contributed by atoms with Crippen LogP contribution in [0, 0.1) is 17.2 Å². The van der Waals surface area contributed by atoms with Crippen molar-refractivity contribution in [1.29, 1.82) is 5.26 Å². The molecule has 0 radical (unpaired) electrons. The third-order valence-corrected chi connectivity index (χ3v) is 4.82. The van der Waals surface area contributed by atoms with Crippen LogP contribution >= 0.6 is 0 Å². The van der Waals surface area contributed by atoms with Gasteiger partial charge in [-0.1, -0.05) is 87.5 Å². The van der Waals surface area contributed by atoms with Crippen molar-refractivity contribution < 1.29 is 0 Å². The van der Waals surface area contributed by atoms with E-state index >= 15 is 0 Å². The van der Waals surface area contributed by atoms with E-state index in [0.29, 0.717) is 11.5 Å². The topological polar surface area (TPSA) is 23.8 Å². The lowest BCUT2D eigenvalue weighted by Crippen LogP contribution is -2.02. The average molecular weight is 356 g/mol. The zero-order valence-corrected chi connectivity index (χ0v) is 16.7. The van der Waals surface area contributed by atoms with Crippen LogP contribution in [0.15, 0.2) is 84.5 Å². The molecule has 2 aromatic rings. The van der Waals surface area contributed by atoms with Gasteiger partial charge in [-0.25, -0.2) is 0 Å². The summed E-state index contributed by atoms with van der Waals surface area (Å²) in [6.07, 6.45) is 9.73. The van der Waals surface area contributed by atoms with Crippen LogP contribution in [-0.2, 0) is 6.42 Å². The first kappa shape index (κ1) is 20.5. The largest absolute Gasteiger partial charge is 0.192 e. The fraction of sp³-hybridized carbons (Fsp3) is 0.269. The van der Waals surface area contributed by atoms with Crippen molar-refractivity contribution in [2.75, 3.05) is 0 Å². The van der Waals surface area contributed by atoms with Gasteiger partial charge in [-0.2, -0.15) is 5.26 Å². The summed E-state index contributed by atoms with van der Waals surface area (Å²) in [5.41, 5.74) is 6.89. The van der Waals surface area contributed by atoms with Gasteiger partial charge in [0.25, 0.3) is 0 Å². The molecule has 0 bridgehead atoms. The molecule has 0 aromatic heterocycles. The molecule has 1 atom stereocenters. The Balaban J connectivity index is 2.09. The highest BCUT2D eigenvalue weighted by atomic mass is 14.2. The summed E-state index contributed by atoms with van der Waals surface area (Å²) in [6, 6.07) is 18.7. The Kier molecular flexibility index (Phi) is 7.83. The van der Waals surface area contributed by atoms with E-state index in [-0.39, 0.29) is 0 Å². The maximum absolute atomic E-state index is 8.92. The molecular weight excluding hydrogens is 326 g/mol. The second-order valence-electron chi connectivity index (χ2n) is 6.95. The van der Waals surface area contributed by atoms with Crippen molar-refractivity contribution in [3.63, 3.8) is 0 Å². The average Bonchev–Trinajstić information content (AvgIpc) is 2.71. The van der Waals surface area contributed by atoms with E-state index in [2.05, 4.69) is 75.9 Å². The van der Waals surface area contributed by atoms with Crippen molar-refractivity contribution in [1.82, 2.24) is 0 Å². The van der Waals surface area contributed by atoms with Crippen LogP contribution in [0.5, 0.6) is 0 Å². The van der Waals surface area contributed by atoms with Crippen LogP contribution < -0.4 is 0 Å². The van der Waals surface area contributed by atoms with E-state index in [1.54, 1.807) is 0 Å². The summed E-state index contributed by atoms with van der Waals surface area (Å²) in [5.74, 6) is 0.464. The highest BCUT2D eigenvalue weighted by Crippen LogP contribution is 2.23. The molecule has 0 spiro atoms. The molecule has 138 valence electrons. The summed E-state index contributed by atoms with van der Waals surface area (Å²) in [5, 5.41) is 8.92. The first-order chi connectivity index (χ1) is 13.1. The fourth-order valence-corrected chi connectivity index (χ4v) is 3.04. The van der Waals surface area contributed by atoms with Crippen LogP contribution in [0.4, 0.5) is 0 Å². The summed E-state index contributed by atoms with van der Waals surface area (Å²) >= 11 is 0. The zero-order chi connectivity index (χ0) is 19.6. The van der Waals surface area contributed by atoms with Gasteiger partial charge in [0.15, 0.2) is 0 Å². The first-order valence-electron chi connectivity index (χ1n) is 9.72. The van der Waals surface area contributed by atoms with E-state index in [4.69, 9.17) is 5.26 Å². The molecular formula is C26H29N. The van der Waals surface area contributed by atoms with Gasteiger partial charge in [-0.15, -0.1) is 0 Å². The second-order valence-corrected chi connectivity index (χ2v) is 6.95. The molecule has 0 fully saturated rings. The minimum Gasteiger partial charge on any atom is -0.192 e. The second kappa shape index (κ2) is 10.3. The lowest BCUT2D eigenvalue weighted by molar-refractivity contribution is 0.690. The number of allylic oxidation sites excluding steroid dienone is 5. The summed E-state index contributed by atoms with van der Waals surface area (Å²) in [4.78, 5) is 0. The van der Waals surface area contributed by atoms with Gasteiger partial charge in [-0.05, 0) is 59.6 Å². The lowest BCUT2D eigenvalue weighted by Gasteiger charge is -2.14. The molecule has 1 unspecified atom stereocenters. The highest BCUT2D eigenvalue weighted by molar-refractivity contribution is 5.64. The predicted octanol–water partition coefficient (Wildman–Crippen LogP) is 7.26. The molecule has 0 aliphatic rings. The Labute approximate surface area is 164 Å². The predicted molar refractivity (Wildman–Crippen MR) is 116 cm³/mol. The van der Waals surface area contributed by atoms with Crippen molar-refractivity contribution in [3.8, 4) is 17.2 Å². The third-order valence-electron chi connectivity index (χ3n) is 4.82. The SMILES string of the molecule is C=C(/C=C\C(=C/CC)C(C)Cc1ccc(-c2ccc(C#N)cc2)cc1)CC. The monoisotopic (exact) mass is 355 g/mol. The fourth-order valence-electron chi connectivity index (χ4n) is 3.04. The Morgan fingerprint density at radius 1 is 1.00 bits per heavy atom. The Hall–Kier alpha value is -2.85. The van der Waals surface area contributed by atoms with Gasteiger partial charge < -0.3 is 0 Å². The number of nitriles is 1. The number of benzene rings is 2. The highest BCUT2D eigenvalue weighted by Gasteiger charge is 2.08. The molecule has 1 heteroatoms. The molecule has 0 saturated carbocycles. The lowest BCUT2D eigenvalue weighted by atomic mass is 9.91. The third kappa shape index (κ3) is 6.12. The van der Waals surface area contributed by atoms with E-state index < -0.39 is 0 Å². The molecule has 2 rings (SSSR count). The van der Waals surface area contributed by atoms with Gasteiger partial charge in [0.2, 0.25) is 0 Å². The van der Waals surface area contributed by atoms with E-state index in [0.717, 1.165) is 30.4 Å². The van der Waals surface area contributed by atoms with Crippen molar-refractivity contribution in [2.24, 2.45) is 5.92 Å². The summed E-state index contributed by atoms with van der Waals surface area (Å²) < 4.78 is 0. The molecule has 1 nitrogen and oxygen atoms in total. The van der Waals surface area contributed by atoms with Crippen LogP contribution in [0.2, 0.25) is 0 Å². The molecule has 0 amide bonds. The minimum atomic E-state index is 0.464. The van der Waals surface area contributed by atoms with Gasteiger partial charge in [-0.3, -0.25) is 0 Å². The zero-order valence-electron chi connectivity index (χ0n) is 16.7. The summed E-state index contributed by atoms with van der Waals surface area (Å²) in [7, 11) is 0. The first-order valence-corrected chi connectivity index (χ1v) is 9.72.